The number of ether oxygens (including phenoxy) is 2. The number of rotatable bonds is 4. The molecular formula is C14H14N2O3. The lowest BCUT2D eigenvalue weighted by molar-refractivity contribution is 0.0467. The second-order valence-electron chi connectivity index (χ2n) is 3.87. The van der Waals surface area contributed by atoms with E-state index in [9.17, 15) is 4.79 Å². The summed E-state index contributed by atoms with van der Waals surface area (Å²) in [5.41, 5.74) is 6.96. The molecule has 0 atom stereocenters. The molecule has 5 heteroatoms. The minimum Gasteiger partial charge on any atom is -0.497 e. The van der Waals surface area contributed by atoms with Gasteiger partial charge >= 0.3 is 5.97 Å². The molecule has 1 aromatic heterocycles. The maximum atomic E-state index is 11.8. The zero-order valence-corrected chi connectivity index (χ0v) is 10.5. The molecule has 0 bridgehead atoms. The standard InChI is InChI=1S/C14H14N2O3/c1-18-11-6-4-10(5-7-11)9-19-14(17)13-12(15)3-2-8-16-13/h2-8H,9,15H2,1H3. The Kier molecular flexibility index (Phi) is 3.97. The molecule has 0 unspecified atom stereocenters. The van der Waals surface area contributed by atoms with Gasteiger partial charge in [-0.05, 0) is 29.8 Å². The maximum Gasteiger partial charge on any atom is 0.359 e. The molecule has 0 fully saturated rings. The van der Waals surface area contributed by atoms with Crippen molar-refractivity contribution in [3.05, 3.63) is 53.9 Å². The molecule has 0 spiro atoms. The lowest BCUT2D eigenvalue weighted by Crippen LogP contribution is -2.10. The van der Waals surface area contributed by atoms with Crippen LogP contribution in [0, 0.1) is 0 Å². The molecule has 0 aliphatic carbocycles. The highest BCUT2D eigenvalue weighted by Gasteiger charge is 2.12. The van der Waals surface area contributed by atoms with Crippen molar-refractivity contribution >= 4 is 11.7 Å². The van der Waals surface area contributed by atoms with E-state index in [-0.39, 0.29) is 12.3 Å². The predicted octanol–water partition coefficient (Wildman–Crippen LogP) is 2.03. The Morgan fingerprint density at radius 1 is 1.26 bits per heavy atom. The molecular weight excluding hydrogens is 244 g/mol. The Balaban J connectivity index is 1.98. The molecule has 1 aromatic carbocycles. The number of nitrogen functional groups attached to an aromatic ring is 1. The number of methoxy groups -OCH3 is 1. The van der Waals surface area contributed by atoms with E-state index in [1.54, 1.807) is 31.4 Å². The van der Waals surface area contributed by atoms with Crippen LogP contribution < -0.4 is 10.5 Å². The fourth-order valence-corrected chi connectivity index (χ4v) is 1.53. The average Bonchev–Trinajstić information content (AvgIpc) is 2.46. The zero-order valence-electron chi connectivity index (χ0n) is 10.5. The number of carbonyl (C=O) groups excluding carboxylic acids is 1. The van der Waals surface area contributed by atoms with Gasteiger partial charge < -0.3 is 15.2 Å². The number of nitrogens with two attached hydrogens (primary N) is 1. The Morgan fingerprint density at radius 2 is 2.00 bits per heavy atom. The van der Waals surface area contributed by atoms with E-state index in [1.807, 2.05) is 12.1 Å². The fourth-order valence-electron chi connectivity index (χ4n) is 1.53. The summed E-state index contributed by atoms with van der Waals surface area (Å²) in [4.78, 5) is 15.7. The molecule has 0 aliphatic heterocycles. The molecule has 0 saturated heterocycles. The first-order chi connectivity index (χ1) is 9.20. The Morgan fingerprint density at radius 3 is 2.63 bits per heavy atom. The Bertz CT molecular complexity index is 567. The van der Waals surface area contributed by atoms with Gasteiger partial charge in [0.1, 0.15) is 12.4 Å². The number of hydrogen-bond acceptors (Lipinski definition) is 5. The first-order valence-electron chi connectivity index (χ1n) is 5.71. The van der Waals surface area contributed by atoms with Gasteiger partial charge in [-0.1, -0.05) is 12.1 Å². The van der Waals surface area contributed by atoms with Gasteiger partial charge in [0.2, 0.25) is 0 Å². The molecule has 19 heavy (non-hydrogen) atoms. The number of anilines is 1. The molecule has 0 amide bonds. The minimum absolute atomic E-state index is 0.135. The van der Waals surface area contributed by atoms with Crippen LogP contribution >= 0.6 is 0 Å². The van der Waals surface area contributed by atoms with E-state index in [0.717, 1.165) is 11.3 Å². The summed E-state index contributed by atoms with van der Waals surface area (Å²) >= 11 is 0. The van der Waals surface area contributed by atoms with Crippen LogP contribution in [0.5, 0.6) is 5.75 Å². The average molecular weight is 258 g/mol. The van der Waals surface area contributed by atoms with Gasteiger partial charge in [-0.15, -0.1) is 0 Å². The normalized spacial score (nSPS) is 9.95. The second-order valence-corrected chi connectivity index (χ2v) is 3.87. The van der Waals surface area contributed by atoms with Crippen molar-refractivity contribution < 1.29 is 14.3 Å². The van der Waals surface area contributed by atoms with Gasteiger partial charge in [0, 0.05) is 6.20 Å². The van der Waals surface area contributed by atoms with E-state index in [0.29, 0.717) is 5.69 Å². The Labute approximate surface area is 111 Å². The third-order valence-corrected chi connectivity index (χ3v) is 2.56. The summed E-state index contributed by atoms with van der Waals surface area (Å²) in [5.74, 6) is 0.220. The van der Waals surface area contributed by atoms with Crippen LogP contribution in [0.1, 0.15) is 16.1 Å². The third kappa shape index (κ3) is 3.22. The van der Waals surface area contributed by atoms with E-state index in [2.05, 4.69) is 4.98 Å². The molecule has 2 rings (SSSR count). The summed E-state index contributed by atoms with van der Waals surface area (Å²) in [6.07, 6.45) is 1.50. The van der Waals surface area contributed by atoms with Crippen molar-refractivity contribution in [3.8, 4) is 5.75 Å². The molecule has 0 radical (unpaired) electrons. The van der Waals surface area contributed by atoms with Crippen molar-refractivity contribution in [3.63, 3.8) is 0 Å². The van der Waals surface area contributed by atoms with Crippen LogP contribution in [-0.2, 0) is 11.3 Å². The number of hydrogen-bond donors (Lipinski definition) is 1. The van der Waals surface area contributed by atoms with Crippen molar-refractivity contribution in [2.24, 2.45) is 0 Å². The highest BCUT2D eigenvalue weighted by atomic mass is 16.5. The van der Waals surface area contributed by atoms with E-state index >= 15 is 0 Å². The summed E-state index contributed by atoms with van der Waals surface area (Å²) in [7, 11) is 1.60. The predicted molar refractivity (Wildman–Crippen MR) is 70.8 cm³/mol. The highest BCUT2D eigenvalue weighted by Crippen LogP contribution is 2.13. The van der Waals surface area contributed by atoms with Crippen LogP contribution in [0.25, 0.3) is 0 Å². The lowest BCUT2D eigenvalue weighted by Gasteiger charge is -2.06. The first kappa shape index (κ1) is 12.9. The second kappa shape index (κ2) is 5.86. The number of esters is 1. The number of pyridine rings is 1. The van der Waals surface area contributed by atoms with Gasteiger partial charge in [0.15, 0.2) is 5.69 Å². The van der Waals surface area contributed by atoms with Gasteiger partial charge in [0.25, 0.3) is 0 Å². The fraction of sp³-hybridized carbons (Fsp3) is 0.143. The van der Waals surface area contributed by atoms with Crippen molar-refractivity contribution in [2.45, 2.75) is 6.61 Å². The van der Waals surface area contributed by atoms with Gasteiger partial charge in [-0.2, -0.15) is 0 Å². The van der Waals surface area contributed by atoms with E-state index in [1.165, 1.54) is 6.20 Å². The van der Waals surface area contributed by atoms with Gasteiger partial charge in [-0.3, -0.25) is 0 Å². The largest absolute Gasteiger partial charge is 0.497 e. The van der Waals surface area contributed by atoms with Crippen LogP contribution in [0.3, 0.4) is 0 Å². The Hall–Kier alpha value is -2.56. The molecule has 98 valence electrons. The number of nitrogens with zero attached hydrogens (tertiary/aromatic N) is 1. The summed E-state index contributed by atoms with van der Waals surface area (Å²) < 4.78 is 10.2. The zero-order chi connectivity index (χ0) is 13.7. The highest BCUT2D eigenvalue weighted by molar-refractivity contribution is 5.92. The SMILES string of the molecule is COc1ccc(COC(=O)c2ncccc2N)cc1. The molecule has 0 saturated carbocycles. The molecule has 0 aliphatic rings. The van der Waals surface area contributed by atoms with Crippen molar-refractivity contribution in [2.75, 3.05) is 12.8 Å². The maximum absolute atomic E-state index is 11.8. The number of benzene rings is 1. The molecule has 2 aromatic rings. The summed E-state index contributed by atoms with van der Waals surface area (Å²) in [5, 5.41) is 0. The van der Waals surface area contributed by atoms with Crippen LogP contribution in [0.4, 0.5) is 5.69 Å². The molecule has 5 nitrogen and oxygen atoms in total. The van der Waals surface area contributed by atoms with Gasteiger partial charge in [0.05, 0.1) is 12.8 Å². The first-order valence-corrected chi connectivity index (χ1v) is 5.71. The van der Waals surface area contributed by atoms with Crippen LogP contribution in [0.15, 0.2) is 42.6 Å². The van der Waals surface area contributed by atoms with Crippen molar-refractivity contribution in [1.29, 1.82) is 0 Å². The van der Waals surface area contributed by atoms with Crippen LogP contribution in [0.2, 0.25) is 0 Å². The van der Waals surface area contributed by atoms with Crippen molar-refractivity contribution in [1.82, 2.24) is 4.98 Å². The quantitative estimate of drug-likeness (QED) is 0.849. The third-order valence-electron chi connectivity index (χ3n) is 2.56. The van der Waals surface area contributed by atoms with Crippen LogP contribution in [-0.4, -0.2) is 18.1 Å². The summed E-state index contributed by atoms with van der Waals surface area (Å²) in [6.45, 7) is 0.166. The number of aromatic nitrogens is 1. The monoisotopic (exact) mass is 258 g/mol. The topological polar surface area (TPSA) is 74.4 Å². The molecule has 2 N–H and O–H groups in total. The minimum atomic E-state index is -0.533. The summed E-state index contributed by atoms with van der Waals surface area (Å²) in [6, 6.07) is 10.5. The number of carbonyl (C=O) groups is 1. The smallest absolute Gasteiger partial charge is 0.359 e. The van der Waals surface area contributed by atoms with E-state index in [4.69, 9.17) is 15.2 Å². The lowest BCUT2D eigenvalue weighted by atomic mass is 10.2. The van der Waals surface area contributed by atoms with Gasteiger partial charge in [-0.25, -0.2) is 9.78 Å². The molecule has 1 heterocycles. The van der Waals surface area contributed by atoms with E-state index < -0.39 is 5.97 Å².